The number of aromatic nitrogens is 2. The van der Waals surface area contributed by atoms with Gasteiger partial charge in [0.05, 0.1) is 5.70 Å². The van der Waals surface area contributed by atoms with E-state index in [1.54, 1.807) is 0 Å². The number of aliphatic imine (C=N–C) groups is 1. The third-order valence-electron chi connectivity index (χ3n) is 4.47. The summed E-state index contributed by atoms with van der Waals surface area (Å²) in [4.78, 5) is 14.5. The van der Waals surface area contributed by atoms with E-state index in [1.807, 2.05) is 0 Å². The van der Waals surface area contributed by atoms with Crippen LogP contribution in [0.3, 0.4) is 0 Å². The van der Waals surface area contributed by atoms with E-state index in [-0.39, 0.29) is 17.9 Å². The van der Waals surface area contributed by atoms with Gasteiger partial charge in [0.15, 0.2) is 5.82 Å². The van der Waals surface area contributed by atoms with Crippen LogP contribution in [0.2, 0.25) is 0 Å². The van der Waals surface area contributed by atoms with Crippen LogP contribution in [0, 0.1) is 17.5 Å². The summed E-state index contributed by atoms with van der Waals surface area (Å²) in [7, 11) is 0. The average Bonchev–Trinajstić information content (AvgIpc) is 3.18. The number of allylic oxidation sites excluding steroid dienone is 1. The fourth-order valence-corrected chi connectivity index (χ4v) is 3.46. The van der Waals surface area contributed by atoms with Gasteiger partial charge >= 0.3 is 0 Å². The van der Waals surface area contributed by atoms with Gasteiger partial charge < -0.3 is 4.90 Å². The standard InChI is InChI=1S/C19H18ClF3N4/c1-24-19-17(25-4-5-26-19)18(27-6-2-3-7-27)12(11-20)8-14-15(22)9-13(21)10-16(14)23/h4-5,9-10H,1-3,6-8,11H2/b18-12+. The van der Waals surface area contributed by atoms with E-state index in [4.69, 9.17) is 11.6 Å². The summed E-state index contributed by atoms with van der Waals surface area (Å²) in [5.41, 5.74) is 1.45. The molecule has 0 amide bonds. The van der Waals surface area contributed by atoms with Crippen LogP contribution in [0.15, 0.2) is 35.1 Å². The topological polar surface area (TPSA) is 41.4 Å². The van der Waals surface area contributed by atoms with Gasteiger partial charge in [0, 0.05) is 55.5 Å². The molecule has 2 aromatic rings. The molecule has 3 rings (SSSR count). The molecule has 2 heterocycles. The Hall–Kier alpha value is -2.41. The largest absolute Gasteiger partial charge is 0.370 e. The first-order chi connectivity index (χ1) is 13.0. The van der Waals surface area contributed by atoms with Crippen LogP contribution in [0.4, 0.5) is 19.0 Å². The zero-order valence-corrected chi connectivity index (χ0v) is 15.3. The molecule has 4 nitrogen and oxygen atoms in total. The zero-order chi connectivity index (χ0) is 19.4. The van der Waals surface area contributed by atoms with E-state index in [9.17, 15) is 13.2 Å². The molecule has 27 heavy (non-hydrogen) atoms. The third kappa shape index (κ3) is 4.13. The molecule has 1 aliphatic rings. The highest BCUT2D eigenvalue weighted by molar-refractivity contribution is 6.20. The van der Waals surface area contributed by atoms with Gasteiger partial charge in [-0.25, -0.2) is 28.1 Å². The fourth-order valence-electron chi connectivity index (χ4n) is 3.24. The number of hydrogen-bond donors (Lipinski definition) is 0. The van der Waals surface area contributed by atoms with Gasteiger partial charge in [0.2, 0.25) is 0 Å². The molecule has 0 unspecified atom stereocenters. The number of alkyl halides is 1. The van der Waals surface area contributed by atoms with Crippen LogP contribution in [-0.2, 0) is 6.42 Å². The molecular formula is C19H18ClF3N4. The Morgan fingerprint density at radius 2 is 1.74 bits per heavy atom. The second-order valence-electron chi connectivity index (χ2n) is 6.19. The normalized spacial score (nSPS) is 15.0. The van der Waals surface area contributed by atoms with Gasteiger partial charge in [0.1, 0.15) is 23.1 Å². The van der Waals surface area contributed by atoms with Crippen LogP contribution in [0.1, 0.15) is 24.1 Å². The molecule has 1 fully saturated rings. The molecule has 0 saturated carbocycles. The molecule has 0 N–H and O–H groups in total. The summed E-state index contributed by atoms with van der Waals surface area (Å²) in [5.74, 6) is -2.51. The maximum atomic E-state index is 14.2. The van der Waals surface area contributed by atoms with Gasteiger partial charge in [-0.2, -0.15) is 0 Å². The van der Waals surface area contributed by atoms with Crippen LogP contribution in [0.25, 0.3) is 5.70 Å². The lowest BCUT2D eigenvalue weighted by Crippen LogP contribution is -2.22. The molecule has 142 valence electrons. The van der Waals surface area contributed by atoms with E-state index < -0.39 is 17.5 Å². The van der Waals surface area contributed by atoms with Gasteiger partial charge in [-0.15, -0.1) is 11.6 Å². The maximum absolute atomic E-state index is 14.2. The predicted molar refractivity (Wildman–Crippen MR) is 99.7 cm³/mol. The van der Waals surface area contributed by atoms with Crippen molar-refractivity contribution < 1.29 is 13.2 Å². The number of rotatable bonds is 6. The molecular weight excluding hydrogens is 377 g/mol. The number of nitrogens with zero attached hydrogens (tertiary/aromatic N) is 4. The molecule has 0 bridgehead atoms. The van der Waals surface area contributed by atoms with Crippen molar-refractivity contribution >= 4 is 29.8 Å². The number of likely N-dealkylation sites (tertiary alicyclic amines) is 1. The highest BCUT2D eigenvalue weighted by atomic mass is 35.5. The van der Waals surface area contributed by atoms with E-state index in [1.165, 1.54) is 12.4 Å². The first-order valence-corrected chi connectivity index (χ1v) is 9.03. The van der Waals surface area contributed by atoms with Crippen LogP contribution >= 0.6 is 11.6 Å². The number of benzene rings is 1. The number of halogens is 4. The van der Waals surface area contributed by atoms with Crippen molar-refractivity contribution in [3.05, 3.63) is 58.8 Å². The Kier molecular flexibility index (Phi) is 6.11. The van der Waals surface area contributed by atoms with Crippen LogP contribution in [-0.4, -0.2) is 40.6 Å². The Bertz CT molecular complexity index is 856. The molecule has 0 radical (unpaired) electrons. The minimum Gasteiger partial charge on any atom is -0.370 e. The summed E-state index contributed by atoms with van der Waals surface area (Å²) in [6.07, 6.45) is 4.87. The molecule has 1 saturated heterocycles. The molecule has 0 atom stereocenters. The Balaban J connectivity index is 2.15. The molecule has 1 aromatic heterocycles. The van der Waals surface area contributed by atoms with Crippen molar-refractivity contribution in [1.82, 2.24) is 14.9 Å². The Labute approximate surface area is 160 Å². The van der Waals surface area contributed by atoms with Crippen molar-refractivity contribution in [3.8, 4) is 0 Å². The molecule has 0 spiro atoms. The van der Waals surface area contributed by atoms with Gasteiger partial charge in [0.25, 0.3) is 0 Å². The third-order valence-corrected chi connectivity index (χ3v) is 4.79. The van der Waals surface area contributed by atoms with Gasteiger partial charge in [-0.3, -0.25) is 0 Å². The summed E-state index contributed by atoms with van der Waals surface area (Å²) in [5, 5.41) is 0. The first-order valence-electron chi connectivity index (χ1n) is 8.49. The average molecular weight is 395 g/mol. The van der Waals surface area contributed by atoms with Crippen molar-refractivity contribution in [1.29, 1.82) is 0 Å². The van der Waals surface area contributed by atoms with E-state index in [2.05, 4.69) is 26.6 Å². The fraction of sp³-hybridized carbons (Fsp3) is 0.316. The van der Waals surface area contributed by atoms with Crippen LogP contribution < -0.4 is 0 Å². The Morgan fingerprint density at radius 1 is 1.11 bits per heavy atom. The summed E-state index contributed by atoms with van der Waals surface area (Å²) < 4.78 is 41.6. The second-order valence-corrected chi connectivity index (χ2v) is 6.46. The first kappa shape index (κ1) is 19.4. The molecule has 0 aliphatic carbocycles. The maximum Gasteiger partial charge on any atom is 0.179 e. The smallest absolute Gasteiger partial charge is 0.179 e. The van der Waals surface area contributed by atoms with Crippen molar-refractivity contribution in [3.63, 3.8) is 0 Å². The highest BCUT2D eigenvalue weighted by Gasteiger charge is 2.25. The highest BCUT2D eigenvalue weighted by Crippen LogP contribution is 2.33. The summed E-state index contributed by atoms with van der Waals surface area (Å²) in [6, 6.07) is 1.33. The monoisotopic (exact) mass is 394 g/mol. The van der Waals surface area contributed by atoms with Crippen molar-refractivity contribution in [2.24, 2.45) is 4.99 Å². The molecule has 8 heteroatoms. The quantitative estimate of drug-likeness (QED) is 0.534. The SMILES string of the molecule is C=Nc1nccnc1/C(=C(\CCl)Cc1c(F)cc(F)cc1F)N1CCCC1. The summed E-state index contributed by atoms with van der Waals surface area (Å²) >= 11 is 6.17. The summed E-state index contributed by atoms with van der Waals surface area (Å²) in [6.45, 7) is 5.04. The molecule has 1 aliphatic heterocycles. The number of hydrogen-bond acceptors (Lipinski definition) is 4. The van der Waals surface area contributed by atoms with Crippen LogP contribution in [0.5, 0.6) is 0 Å². The van der Waals surface area contributed by atoms with Crippen molar-refractivity contribution in [2.45, 2.75) is 19.3 Å². The molecule has 1 aromatic carbocycles. The van der Waals surface area contributed by atoms with Gasteiger partial charge in [-0.1, -0.05) is 0 Å². The van der Waals surface area contributed by atoms with Gasteiger partial charge in [-0.05, 0) is 25.1 Å². The zero-order valence-electron chi connectivity index (χ0n) is 14.6. The second kappa shape index (κ2) is 8.52. The minimum absolute atomic E-state index is 0.0231. The lowest BCUT2D eigenvalue weighted by atomic mass is 10.0. The van der Waals surface area contributed by atoms with Crippen molar-refractivity contribution in [2.75, 3.05) is 19.0 Å². The van der Waals surface area contributed by atoms with E-state index in [0.29, 0.717) is 34.9 Å². The van der Waals surface area contributed by atoms with E-state index in [0.717, 1.165) is 25.9 Å². The lowest BCUT2D eigenvalue weighted by Gasteiger charge is -2.25. The minimum atomic E-state index is -0.961. The van der Waals surface area contributed by atoms with E-state index >= 15 is 0 Å². The lowest BCUT2D eigenvalue weighted by molar-refractivity contribution is 0.485. The Morgan fingerprint density at radius 3 is 2.33 bits per heavy atom. The predicted octanol–water partition coefficient (Wildman–Crippen LogP) is 4.51.